The van der Waals surface area contributed by atoms with Crippen molar-refractivity contribution in [1.29, 1.82) is 0 Å². The van der Waals surface area contributed by atoms with E-state index in [0.717, 1.165) is 32.1 Å². The molecule has 3 heteroatoms. The molecule has 1 aromatic carbocycles. The summed E-state index contributed by atoms with van der Waals surface area (Å²) in [5, 5.41) is 12.3. The molecule has 0 saturated heterocycles. The molecule has 1 aliphatic rings. The number of hydrogen-bond donors (Lipinski definition) is 2. The fourth-order valence-corrected chi connectivity index (χ4v) is 2.92. The summed E-state index contributed by atoms with van der Waals surface area (Å²) < 4.78 is 0. The Morgan fingerprint density at radius 2 is 1.95 bits per heavy atom. The van der Waals surface area contributed by atoms with Gasteiger partial charge in [-0.05, 0) is 36.8 Å². The summed E-state index contributed by atoms with van der Waals surface area (Å²) in [5.41, 5.74) is 2.54. The fourth-order valence-electron chi connectivity index (χ4n) is 2.92. The molecule has 1 fully saturated rings. The Bertz CT molecular complexity index is 427. The SMILES string of the molecule is CCc1ccc(CCC(=O)NC2CCCC2CO)cc1. The lowest BCUT2D eigenvalue weighted by molar-refractivity contribution is -0.122. The number of nitrogens with one attached hydrogen (secondary N) is 1. The van der Waals surface area contributed by atoms with E-state index >= 15 is 0 Å². The third kappa shape index (κ3) is 4.07. The van der Waals surface area contributed by atoms with Gasteiger partial charge in [-0.2, -0.15) is 0 Å². The van der Waals surface area contributed by atoms with Crippen LogP contribution in [0.25, 0.3) is 0 Å². The summed E-state index contributed by atoms with van der Waals surface area (Å²) >= 11 is 0. The van der Waals surface area contributed by atoms with Crippen molar-refractivity contribution in [3.05, 3.63) is 35.4 Å². The van der Waals surface area contributed by atoms with Crippen molar-refractivity contribution in [3.63, 3.8) is 0 Å². The van der Waals surface area contributed by atoms with E-state index in [1.165, 1.54) is 11.1 Å². The predicted molar refractivity (Wildman–Crippen MR) is 80.5 cm³/mol. The van der Waals surface area contributed by atoms with Crippen molar-refractivity contribution < 1.29 is 9.90 Å². The first-order valence-corrected chi connectivity index (χ1v) is 7.71. The van der Waals surface area contributed by atoms with Crippen LogP contribution in [0.3, 0.4) is 0 Å². The Kier molecular flexibility index (Phi) is 5.60. The molecule has 20 heavy (non-hydrogen) atoms. The van der Waals surface area contributed by atoms with Crippen molar-refractivity contribution in [2.24, 2.45) is 5.92 Å². The Morgan fingerprint density at radius 1 is 1.25 bits per heavy atom. The smallest absolute Gasteiger partial charge is 0.220 e. The lowest BCUT2D eigenvalue weighted by Gasteiger charge is -2.19. The number of rotatable bonds is 6. The second kappa shape index (κ2) is 7.44. The minimum Gasteiger partial charge on any atom is -0.396 e. The maximum absolute atomic E-state index is 12.0. The molecule has 0 aliphatic heterocycles. The van der Waals surface area contributed by atoms with Gasteiger partial charge in [0.1, 0.15) is 0 Å². The topological polar surface area (TPSA) is 49.3 Å². The fraction of sp³-hybridized carbons (Fsp3) is 0.588. The number of hydrogen-bond acceptors (Lipinski definition) is 2. The standard InChI is InChI=1S/C17H25NO2/c1-2-13-6-8-14(9-7-13)10-11-17(20)18-16-5-3-4-15(16)12-19/h6-9,15-16,19H,2-5,10-12H2,1H3,(H,18,20). The highest BCUT2D eigenvalue weighted by Gasteiger charge is 2.27. The van der Waals surface area contributed by atoms with Gasteiger partial charge in [-0.15, -0.1) is 0 Å². The quantitative estimate of drug-likeness (QED) is 0.838. The van der Waals surface area contributed by atoms with Gasteiger partial charge in [-0.25, -0.2) is 0 Å². The van der Waals surface area contributed by atoms with Crippen LogP contribution >= 0.6 is 0 Å². The lowest BCUT2D eigenvalue weighted by Crippen LogP contribution is -2.38. The molecule has 0 bridgehead atoms. The highest BCUT2D eigenvalue weighted by atomic mass is 16.3. The minimum atomic E-state index is 0.106. The van der Waals surface area contributed by atoms with E-state index in [9.17, 15) is 9.90 Å². The van der Waals surface area contributed by atoms with E-state index in [1.54, 1.807) is 0 Å². The van der Waals surface area contributed by atoms with Gasteiger partial charge in [0.15, 0.2) is 0 Å². The molecule has 1 amide bonds. The molecule has 1 saturated carbocycles. The highest BCUT2D eigenvalue weighted by molar-refractivity contribution is 5.76. The van der Waals surface area contributed by atoms with Crippen LogP contribution < -0.4 is 5.32 Å². The summed E-state index contributed by atoms with van der Waals surface area (Å²) in [6.07, 6.45) is 5.49. The molecular weight excluding hydrogens is 250 g/mol. The van der Waals surface area contributed by atoms with Gasteiger partial charge in [-0.3, -0.25) is 4.79 Å². The van der Waals surface area contributed by atoms with Crippen molar-refractivity contribution in [3.8, 4) is 0 Å². The molecule has 0 radical (unpaired) electrons. The monoisotopic (exact) mass is 275 g/mol. The first-order chi connectivity index (χ1) is 9.72. The molecule has 2 N–H and O–H groups in total. The van der Waals surface area contributed by atoms with Crippen LogP contribution in [0.5, 0.6) is 0 Å². The van der Waals surface area contributed by atoms with Crippen LogP contribution in [0.4, 0.5) is 0 Å². The second-order valence-electron chi connectivity index (χ2n) is 5.72. The van der Waals surface area contributed by atoms with Crippen LogP contribution in [0.1, 0.15) is 43.7 Å². The number of carbonyl (C=O) groups excluding carboxylic acids is 1. The van der Waals surface area contributed by atoms with E-state index in [4.69, 9.17) is 0 Å². The Hall–Kier alpha value is -1.35. The molecular formula is C17H25NO2. The molecule has 110 valence electrons. The molecule has 0 aromatic heterocycles. The van der Waals surface area contributed by atoms with Crippen LogP contribution in [0.2, 0.25) is 0 Å². The van der Waals surface area contributed by atoms with Gasteiger partial charge in [0.05, 0.1) is 0 Å². The van der Waals surface area contributed by atoms with Crippen molar-refractivity contribution in [2.75, 3.05) is 6.61 Å². The van der Waals surface area contributed by atoms with Crippen molar-refractivity contribution in [1.82, 2.24) is 5.32 Å². The van der Waals surface area contributed by atoms with Gasteiger partial charge in [-0.1, -0.05) is 37.6 Å². The van der Waals surface area contributed by atoms with Crippen LogP contribution in [-0.2, 0) is 17.6 Å². The number of amides is 1. The number of aryl methyl sites for hydroxylation is 2. The van der Waals surface area contributed by atoms with Crippen LogP contribution in [0.15, 0.2) is 24.3 Å². The van der Waals surface area contributed by atoms with Crippen molar-refractivity contribution >= 4 is 5.91 Å². The van der Waals surface area contributed by atoms with Crippen molar-refractivity contribution in [2.45, 2.75) is 51.5 Å². The van der Waals surface area contributed by atoms with Gasteiger partial charge < -0.3 is 10.4 Å². The van der Waals surface area contributed by atoms with Gasteiger partial charge in [0, 0.05) is 25.0 Å². The normalized spacial score (nSPS) is 21.9. The molecule has 1 aliphatic carbocycles. The summed E-state index contributed by atoms with van der Waals surface area (Å²) in [4.78, 5) is 12.0. The number of carbonyl (C=O) groups is 1. The van der Waals surface area contributed by atoms with E-state index < -0.39 is 0 Å². The Labute approximate surface area is 121 Å². The van der Waals surface area contributed by atoms with E-state index in [2.05, 4.69) is 36.5 Å². The predicted octanol–water partition coefficient (Wildman–Crippen LogP) is 2.46. The van der Waals surface area contributed by atoms with Gasteiger partial charge in [0.25, 0.3) is 0 Å². The van der Waals surface area contributed by atoms with Gasteiger partial charge in [0.2, 0.25) is 5.91 Å². The zero-order valence-electron chi connectivity index (χ0n) is 12.3. The summed E-state index contributed by atoms with van der Waals surface area (Å²) in [6.45, 7) is 2.32. The lowest BCUT2D eigenvalue weighted by atomic mass is 10.0. The molecule has 3 nitrogen and oxygen atoms in total. The molecule has 2 atom stereocenters. The maximum Gasteiger partial charge on any atom is 0.220 e. The van der Waals surface area contributed by atoms with Crippen LogP contribution in [-0.4, -0.2) is 23.7 Å². The molecule has 2 rings (SSSR count). The third-order valence-corrected chi connectivity index (χ3v) is 4.31. The zero-order chi connectivity index (χ0) is 14.4. The Morgan fingerprint density at radius 3 is 2.60 bits per heavy atom. The molecule has 0 spiro atoms. The zero-order valence-corrected chi connectivity index (χ0v) is 12.3. The summed E-state index contributed by atoms with van der Waals surface area (Å²) in [6, 6.07) is 8.66. The average Bonchev–Trinajstić information content (AvgIpc) is 2.92. The minimum absolute atomic E-state index is 0.106. The van der Waals surface area contributed by atoms with Crippen LogP contribution in [0, 0.1) is 5.92 Å². The van der Waals surface area contributed by atoms with E-state index in [-0.39, 0.29) is 24.5 Å². The molecule has 0 heterocycles. The van der Waals surface area contributed by atoms with Gasteiger partial charge >= 0.3 is 0 Å². The number of aliphatic hydroxyl groups is 1. The van der Waals surface area contributed by atoms with E-state index in [0.29, 0.717) is 6.42 Å². The molecule has 1 aromatic rings. The maximum atomic E-state index is 12.0. The average molecular weight is 275 g/mol. The highest BCUT2D eigenvalue weighted by Crippen LogP contribution is 2.25. The molecule has 2 unspecified atom stereocenters. The third-order valence-electron chi connectivity index (χ3n) is 4.31. The summed E-state index contributed by atoms with van der Waals surface area (Å²) in [7, 11) is 0. The summed E-state index contributed by atoms with van der Waals surface area (Å²) in [5.74, 6) is 0.359. The first-order valence-electron chi connectivity index (χ1n) is 7.71. The number of aliphatic hydroxyl groups excluding tert-OH is 1. The second-order valence-corrected chi connectivity index (χ2v) is 5.72. The Balaban J connectivity index is 1.76. The largest absolute Gasteiger partial charge is 0.396 e. The number of benzene rings is 1. The van der Waals surface area contributed by atoms with E-state index in [1.807, 2.05) is 0 Å². The first kappa shape index (κ1) is 15.0.